The van der Waals surface area contributed by atoms with Crippen LogP contribution < -0.4 is 4.74 Å². The number of hydrogen-bond acceptors (Lipinski definition) is 4. The van der Waals surface area contributed by atoms with Crippen molar-refractivity contribution in [2.24, 2.45) is 11.8 Å². The van der Waals surface area contributed by atoms with Crippen LogP contribution in [0.1, 0.15) is 24.5 Å². The van der Waals surface area contributed by atoms with Gasteiger partial charge in [0.1, 0.15) is 5.75 Å². The van der Waals surface area contributed by atoms with Gasteiger partial charge < -0.3 is 9.84 Å². The Morgan fingerprint density at radius 2 is 2.19 bits per heavy atom. The minimum Gasteiger partial charge on any atom is -0.497 e. The van der Waals surface area contributed by atoms with Gasteiger partial charge in [0.15, 0.2) is 0 Å². The van der Waals surface area contributed by atoms with Crippen LogP contribution >= 0.6 is 11.6 Å². The molecule has 3 aliphatic rings. The highest BCUT2D eigenvalue weighted by molar-refractivity contribution is 6.15. The number of aromatic nitrogens is 1. The van der Waals surface area contributed by atoms with E-state index in [-0.39, 0.29) is 6.04 Å². The third-order valence-corrected chi connectivity index (χ3v) is 5.82. The van der Waals surface area contributed by atoms with Gasteiger partial charge in [0.2, 0.25) is 0 Å². The Labute approximate surface area is 160 Å². The second kappa shape index (κ2) is 8.38. The quantitative estimate of drug-likeness (QED) is 0.648. The Kier molecular flexibility index (Phi) is 6.17. The fourth-order valence-electron chi connectivity index (χ4n) is 4.44. The molecule has 1 aromatic carbocycles. The van der Waals surface area contributed by atoms with E-state index in [0.29, 0.717) is 11.8 Å². The fourth-order valence-corrected chi connectivity index (χ4v) is 4.44. The molecule has 0 saturated carbocycles. The molecule has 3 fully saturated rings. The van der Waals surface area contributed by atoms with Crippen LogP contribution in [0, 0.1) is 11.8 Å². The fraction of sp³-hybridized carbons (Fsp3) is 0.476. The lowest BCUT2D eigenvalue weighted by atomic mass is 9.73. The third-order valence-electron chi connectivity index (χ3n) is 5.82. The monoisotopic (exact) mass is 374 g/mol. The van der Waals surface area contributed by atoms with E-state index in [1.165, 1.54) is 12.8 Å². The molecule has 0 amide bonds. The number of methoxy groups -OCH3 is 1. The molecule has 0 aliphatic carbocycles. The largest absolute Gasteiger partial charge is 0.497 e. The summed E-state index contributed by atoms with van der Waals surface area (Å²) in [5.41, 5.74) is 1.85. The maximum atomic E-state index is 11.2. The number of nitrogens with zero attached hydrogens (tertiary/aromatic N) is 2. The summed E-state index contributed by atoms with van der Waals surface area (Å²) in [6.07, 6.45) is 7.09. The Morgan fingerprint density at radius 1 is 1.38 bits per heavy atom. The third kappa shape index (κ3) is 3.46. The summed E-state index contributed by atoms with van der Waals surface area (Å²) in [6.45, 7) is 6.07. The highest BCUT2D eigenvalue weighted by Gasteiger charge is 2.42. The Balaban J connectivity index is 0.000000948. The Bertz CT molecular complexity index is 767. The van der Waals surface area contributed by atoms with Crippen molar-refractivity contribution >= 4 is 22.5 Å². The molecule has 1 N–H and O–H groups in total. The van der Waals surface area contributed by atoms with Gasteiger partial charge in [-0.15, -0.1) is 18.2 Å². The summed E-state index contributed by atoms with van der Waals surface area (Å²) in [6, 6.07) is 7.96. The van der Waals surface area contributed by atoms with Crippen molar-refractivity contribution in [1.29, 1.82) is 0 Å². The van der Waals surface area contributed by atoms with E-state index >= 15 is 0 Å². The van der Waals surface area contributed by atoms with Crippen molar-refractivity contribution in [2.75, 3.05) is 26.6 Å². The van der Waals surface area contributed by atoms with Gasteiger partial charge in [0, 0.05) is 30.6 Å². The average molecular weight is 375 g/mol. The molecule has 5 atom stereocenters. The molecule has 5 heteroatoms. The lowest BCUT2D eigenvalue weighted by molar-refractivity contribution is -0.0444. The smallest absolute Gasteiger partial charge is 0.119 e. The number of hydrogen-bond donors (Lipinski definition) is 1. The first-order valence-corrected chi connectivity index (χ1v) is 9.82. The molecule has 4 nitrogen and oxygen atoms in total. The zero-order chi connectivity index (χ0) is 18.7. The number of alkyl halides is 1. The molecule has 0 radical (unpaired) electrons. The van der Waals surface area contributed by atoms with E-state index in [1.54, 1.807) is 13.3 Å². The van der Waals surface area contributed by atoms with E-state index in [9.17, 15) is 5.11 Å². The number of aliphatic hydroxyl groups is 1. The van der Waals surface area contributed by atoms with Crippen LogP contribution in [0.4, 0.5) is 0 Å². The van der Waals surface area contributed by atoms with Crippen LogP contribution in [0.5, 0.6) is 5.75 Å². The van der Waals surface area contributed by atoms with E-state index in [0.717, 1.165) is 41.7 Å². The van der Waals surface area contributed by atoms with Crippen LogP contribution in [0.15, 0.2) is 43.1 Å². The number of benzene rings is 1. The SMILES string of the molecule is C=CC1CN2CCC1CC2C(O)c1ccnc2ccc(OC)cc12.CCl. The van der Waals surface area contributed by atoms with Crippen LogP contribution in [0.2, 0.25) is 0 Å². The summed E-state index contributed by atoms with van der Waals surface area (Å²) in [5, 5.41) is 12.1. The molecular weight excluding hydrogens is 348 g/mol. The second-order valence-electron chi connectivity index (χ2n) is 6.97. The van der Waals surface area contributed by atoms with Gasteiger partial charge in [0.05, 0.1) is 18.7 Å². The molecule has 140 valence electrons. The average Bonchev–Trinajstić information content (AvgIpc) is 2.73. The zero-order valence-electron chi connectivity index (χ0n) is 15.4. The van der Waals surface area contributed by atoms with E-state index in [2.05, 4.69) is 34.1 Å². The van der Waals surface area contributed by atoms with Crippen LogP contribution in [0.25, 0.3) is 10.9 Å². The van der Waals surface area contributed by atoms with Crippen LogP contribution in [0.3, 0.4) is 0 Å². The number of piperidine rings is 3. The molecule has 3 saturated heterocycles. The van der Waals surface area contributed by atoms with E-state index in [4.69, 9.17) is 4.74 Å². The van der Waals surface area contributed by atoms with Gasteiger partial charge in [-0.2, -0.15) is 0 Å². The molecule has 26 heavy (non-hydrogen) atoms. The summed E-state index contributed by atoms with van der Waals surface area (Å²) in [7, 11) is 1.66. The number of aliphatic hydroxyl groups excluding tert-OH is 1. The number of pyridine rings is 1. The predicted molar refractivity (Wildman–Crippen MR) is 107 cm³/mol. The van der Waals surface area contributed by atoms with Gasteiger partial charge in [-0.3, -0.25) is 9.88 Å². The lowest BCUT2D eigenvalue weighted by Crippen LogP contribution is -2.54. The summed E-state index contributed by atoms with van der Waals surface area (Å²) in [5.74, 6) is 2.01. The van der Waals surface area contributed by atoms with Crippen molar-refractivity contribution in [1.82, 2.24) is 9.88 Å². The number of rotatable bonds is 4. The summed E-state index contributed by atoms with van der Waals surface area (Å²) >= 11 is 4.64. The first kappa shape index (κ1) is 19.2. The molecule has 3 aliphatic heterocycles. The first-order chi connectivity index (χ1) is 12.7. The minimum atomic E-state index is -0.504. The molecule has 0 spiro atoms. The standard InChI is InChI=1S/C20H24N2O2.CH3Cl/c1-3-13-12-22-9-7-14(13)10-19(22)20(23)16-6-8-21-18-5-4-15(24-2)11-17(16)18;1-2/h3-6,8,11,13-14,19-20,23H,1,7,9-10,12H2,2H3;1H3. The van der Waals surface area contributed by atoms with Gasteiger partial charge in [0.25, 0.3) is 0 Å². The van der Waals surface area contributed by atoms with E-state index in [1.807, 2.05) is 24.3 Å². The maximum Gasteiger partial charge on any atom is 0.119 e. The molecule has 2 aromatic rings. The van der Waals surface area contributed by atoms with Crippen molar-refractivity contribution in [2.45, 2.75) is 25.0 Å². The highest BCUT2D eigenvalue weighted by atomic mass is 35.5. The number of halogens is 1. The van der Waals surface area contributed by atoms with Crippen molar-refractivity contribution in [3.05, 3.63) is 48.7 Å². The van der Waals surface area contributed by atoms with E-state index < -0.39 is 6.10 Å². The maximum absolute atomic E-state index is 11.2. The van der Waals surface area contributed by atoms with Crippen molar-refractivity contribution < 1.29 is 9.84 Å². The Morgan fingerprint density at radius 3 is 2.85 bits per heavy atom. The predicted octanol–water partition coefficient (Wildman–Crippen LogP) is 4.03. The van der Waals surface area contributed by atoms with Gasteiger partial charge in [-0.05, 0) is 61.1 Å². The van der Waals surface area contributed by atoms with Crippen molar-refractivity contribution in [3.63, 3.8) is 0 Å². The molecule has 5 rings (SSSR count). The Hall–Kier alpha value is -1.62. The molecule has 1 aromatic heterocycles. The second-order valence-corrected chi connectivity index (χ2v) is 6.97. The lowest BCUT2D eigenvalue weighted by Gasteiger charge is -2.50. The molecular formula is C21H27ClN2O2. The van der Waals surface area contributed by atoms with Crippen LogP contribution in [-0.2, 0) is 0 Å². The normalized spacial score (nSPS) is 28.2. The summed E-state index contributed by atoms with van der Waals surface area (Å²) < 4.78 is 5.35. The first-order valence-electron chi connectivity index (χ1n) is 9.06. The van der Waals surface area contributed by atoms with Gasteiger partial charge in [-0.1, -0.05) is 6.08 Å². The van der Waals surface area contributed by atoms with Gasteiger partial charge in [-0.25, -0.2) is 0 Å². The molecule has 4 heterocycles. The summed E-state index contributed by atoms with van der Waals surface area (Å²) in [4.78, 5) is 6.86. The minimum absolute atomic E-state index is 0.178. The van der Waals surface area contributed by atoms with Crippen LogP contribution in [-0.4, -0.2) is 47.6 Å². The van der Waals surface area contributed by atoms with Crippen molar-refractivity contribution in [3.8, 4) is 5.75 Å². The highest BCUT2D eigenvalue weighted by Crippen LogP contribution is 2.42. The number of ether oxygens (including phenoxy) is 1. The molecule has 5 unspecified atom stereocenters. The molecule has 2 bridgehead atoms. The van der Waals surface area contributed by atoms with Gasteiger partial charge >= 0.3 is 0 Å². The zero-order valence-corrected chi connectivity index (χ0v) is 16.2. The topological polar surface area (TPSA) is 45.6 Å². The number of fused-ring (bicyclic) bond motifs is 4.